The van der Waals surface area contributed by atoms with E-state index < -0.39 is 6.17 Å². The number of fused-ring (bicyclic) bond motifs is 1. The minimum atomic E-state index is -1.13. The third kappa shape index (κ3) is 4.54. The van der Waals surface area contributed by atoms with E-state index in [-0.39, 0.29) is 6.54 Å². The summed E-state index contributed by atoms with van der Waals surface area (Å²) in [6.45, 7) is 4.25. The molecule has 0 aliphatic heterocycles. The minimum absolute atomic E-state index is 0.108. The fourth-order valence-corrected chi connectivity index (χ4v) is 3.81. The molecule has 2 N–H and O–H groups in total. The van der Waals surface area contributed by atoms with Crippen LogP contribution in [0.3, 0.4) is 0 Å². The van der Waals surface area contributed by atoms with Gasteiger partial charge in [-0.2, -0.15) is 0 Å². The summed E-state index contributed by atoms with van der Waals surface area (Å²) in [5.74, 6) is 0. The molecule has 1 atom stereocenters. The maximum Gasteiger partial charge on any atom is 0.190 e. The Balaban J connectivity index is 1.59. The van der Waals surface area contributed by atoms with Crippen molar-refractivity contribution >= 4 is 59.9 Å². The molecule has 130 valence electrons. The van der Waals surface area contributed by atoms with Gasteiger partial charge in [0.2, 0.25) is 0 Å². The summed E-state index contributed by atoms with van der Waals surface area (Å²) in [7, 11) is 0. The zero-order valence-electron chi connectivity index (χ0n) is 13.8. The molecule has 0 amide bonds. The Morgan fingerprint density at radius 3 is 2.64 bits per heavy atom. The molecule has 25 heavy (non-hydrogen) atoms. The second-order valence-corrected chi connectivity index (χ2v) is 8.13. The molecule has 0 fully saturated rings. The number of nitrogens with one attached hydrogen (secondary N) is 2. The third-order valence-electron chi connectivity index (χ3n) is 3.90. The number of nitrogens with zero attached hydrogens (tertiary/aromatic N) is 1. The number of hydrogen-bond acceptors (Lipinski definition) is 3. The van der Waals surface area contributed by atoms with Crippen molar-refractivity contribution in [3.8, 4) is 0 Å². The smallest absolute Gasteiger partial charge is 0.190 e. The topological polar surface area (TPSA) is 37.0 Å². The van der Waals surface area contributed by atoms with Crippen molar-refractivity contribution in [3.05, 3.63) is 57.6 Å². The zero-order chi connectivity index (χ0) is 18.0. The van der Waals surface area contributed by atoms with E-state index in [2.05, 4.69) is 57.5 Å². The number of rotatable bonds is 4. The van der Waals surface area contributed by atoms with Gasteiger partial charge in [-0.15, -0.1) is 0 Å². The standard InChI is InChI=1S/C18H17BrFN3S2/c1-10-7-15-16(8-11(10)2)25-18(22-15)23-17(24)21-9-14(20)12-3-5-13(19)6-4-12/h3-8,14H,9H2,1-2H3,(H2,21,22,23,24). The highest BCUT2D eigenvalue weighted by molar-refractivity contribution is 9.10. The molecule has 3 aromatic rings. The number of aromatic nitrogens is 1. The molecule has 0 radical (unpaired) electrons. The molecule has 0 bridgehead atoms. The molecule has 2 aromatic carbocycles. The van der Waals surface area contributed by atoms with Gasteiger partial charge in [-0.05, 0) is 67.0 Å². The molecule has 0 spiro atoms. The Morgan fingerprint density at radius 1 is 1.24 bits per heavy atom. The largest absolute Gasteiger partial charge is 0.359 e. The summed E-state index contributed by atoms with van der Waals surface area (Å²) in [6.07, 6.45) is -1.13. The van der Waals surface area contributed by atoms with Crippen molar-refractivity contribution in [2.75, 3.05) is 11.9 Å². The van der Waals surface area contributed by atoms with Crippen molar-refractivity contribution in [2.24, 2.45) is 0 Å². The van der Waals surface area contributed by atoms with Gasteiger partial charge in [-0.3, -0.25) is 0 Å². The average Bonchev–Trinajstić information content (AvgIpc) is 2.94. The SMILES string of the molecule is Cc1cc2nc(NC(=S)NCC(F)c3ccc(Br)cc3)sc2cc1C. The highest BCUT2D eigenvalue weighted by atomic mass is 79.9. The highest BCUT2D eigenvalue weighted by Crippen LogP contribution is 2.28. The second-order valence-electron chi connectivity index (χ2n) is 5.78. The van der Waals surface area contributed by atoms with Crippen molar-refractivity contribution in [1.29, 1.82) is 0 Å². The Bertz CT molecular complexity index is 870. The summed E-state index contributed by atoms with van der Waals surface area (Å²) >= 11 is 10.1. The first kappa shape index (κ1) is 18.2. The van der Waals surface area contributed by atoms with Gasteiger partial charge in [0.05, 0.1) is 16.8 Å². The van der Waals surface area contributed by atoms with Gasteiger partial charge in [0, 0.05) is 4.47 Å². The molecule has 3 nitrogen and oxygen atoms in total. The number of aryl methyl sites for hydroxylation is 2. The first-order chi connectivity index (χ1) is 11.9. The lowest BCUT2D eigenvalue weighted by Crippen LogP contribution is -2.31. The Hall–Kier alpha value is -1.57. The lowest BCUT2D eigenvalue weighted by molar-refractivity contribution is 0.343. The van der Waals surface area contributed by atoms with E-state index in [9.17, 15) is 4.39 Å². The first-order valence-electron chi connectivity index (χ1n) is 7.74. The van der Waals surface area contributed by atoms with Crippen LogP contribution in [-0.4, -0.2) is 16.6 Å². The zero-order valence-corrected chi connectivity index (χ0v) is 17.0. The predicted molar refractivity (Wildman–Crippen MR) is 111 cm³/mol. The second kappa shape index (κ2) is 7.76. The van der Waals surface area contributed by atoms with Crippen molar-refractivity contribution in [3.63, 3.8) is 0 Å². The van der Waals surface area contributed by atoms with E-state index >= 15 is 0 Å². The molecular weight excluding hydrogens is 421 g/mol. The van der Waals surface area contributed by atoms with Crippen molar-refractivity contribution in [1.82, 2.24) is 10.3 Å². The average molecular weight is 438 g/mol. The minimum Gasteiger partial charge on any atom is -0.359 e. The van der Waals surface area contributed by atoms with Gasteiger partial charge in [0.15, 0.2) is 10.2 Å². The Morgan fingerprint density at radius 2 is 1.92 bits per heavy atom. The lowest BCUT2D eigenvalue weighted by Gasteiger charge is -2.12. The van der Waals surface area contributed by atoms with Crippen LogP contribution >= 0.6 is 39.5 Å². The summed E-state index contributed by atoms with van der Waals surface area (Å²) in [6, 6.07) is 11.3. The number of halogens is 2. The number of thiocarbonyl (C=S) groups is 1. The number of alkyl halides is 1. The molecule has 1 aromatic heterocycles. The van der Waals surface area contributed by atoms with Crippen molar-refractivity contribution < 1.29 is 4.39 Å². The summed E-state index contributed by atoms with van der Waals surface area (Å²) < 4.78 is 16.3. The van der Waals surface area contributed by atoms with Gasteiger partial charge in [0.25, 0.3) is 0 Å². The van der Waals surface area contributed by atoms with Gasteiger partial charge in [-0.25, -0.2) is 9.37 Å². The van der Waals surface area contributed by atoms with E-state index in [1.54, 1.807) is 12.1 Å². The van der Waals surface area contributed by atoms with Crippen LogP contribution < -0.4 is 10.6 Å². The van der Waals surface area contributed by atoms with E-state index in [1.807, 2.05) is 12.1 Å². The van der Waals surface area contributed by atoms with E-state index in [0.717, 1.165) is 14.7 Å². The Labute approximate surface area is 163 Å². The van der Waals surface area contributed by atoms with E-state index in [0.29, 0.717) is 15.8 Å². The van der Waals surface area contributed by atoms with Crippen LogP contribution in [0.15, 0.2) is 40.9 Å². The van der Waals surface area contributed by atoms with Crippen LogP contribution in [0.25, 0.3) is 10.2 Å². The predicted octanol–water partition coefficient (Wildman–Crippen LogP) is 5.67. The normalized spacial score (nSPS) is 12.2. The molecule has 0 aliphatic carbocycles. The van der Waals surface area contributed by atoms with Crippen LogP contribution in [-0.2, 0) is 0 Å². The van der Waals surface area contributed by atoms with Crippen LogP contribution in [0, 0.1) is 13.8 Å². The van der Waals surface area contributed by atoms with Crippen LogP contribution in [0.5, 0.6) is 0 Å². The monoisotopic (exact) mass is 437 g/mol. The van der Waals surface area contributed by atoms with Crippen LogP contribution in [0.2, 0.25) is 0 Å². The molecule has 7 heteroatoms. The summed E-state index contributed by atoms with van der Waals surface area (Å²) in [5, 5.41) is 7.02. The Kier molecular flexibility index (Phi) is 5.66. The molecule has 0 saturated carbocycles. The third-order valence-corrected chi connectivity index (χ3v) is 5.61. The molecule has 1 unspecified atom stereocenters. The number of benzene rings is 2. The molecule has 0 saturated heterocycles. The van der Waals surface area contributed by atoms with Crippen LogP contribution in [0.4, 0.5) is 9.52 Å². The van der Waals surface area contributed by atoms with E-state index in [4.69, 9.17) is 12.2 Å². The maximum atomic E-state index is 14.2. The number of anilines is 1. The summed E-state index contributed by atoms with van der Waals surface area (Å²) in [5.41, 5.74) is 4.00. The van der Waals surface area contributed by atoms with Gasteiger partial charge in [-0.1, -0.05) is 39.4 Å². The number of hydrogen-bond donors (Lipinski definition) is 2. The lowest BCUT2D eigenvalue weighted by atomic mass is 10.1. The summed E-state index contributed by atoms with van der Waals surface area (Å²) in [4.78, 5) is 4.53. The molecule has 3 rings (SSSR count). The quantitative estimate of drug-likeness (QED) is 0.515. The van der Waals surface area contributed by atoms with Gasteiger partial charge in [0.1, 0.15) is 6.17 Å². The fraction of sp³-hybridized carbons (Fsp3) is 0.222. The number of thiazole rings is 1. The highest BCUT2D eigenvalue weighted by Gasteiger charge is 2.11. The van der Waals surface area contributed by atoms with Gasteiger partial charge < -0.3 is 10.6 Å². The fourth-order valence-electron chi connectivity index (χ4n) is 2.35. The first-order valence-corrected chi connectivity index (χ1v) is 9.76. The van der Waals surface area contributed by atoms with Crippen molar-refractivity contribution in [2.45, 2.75) is 20.0 Å². The van der Waals surface area contributed by atoms with Gasteiger partial charge >= 0.3 is 0 Å². The van der Waals surface area contributed by atoms with Crippen LogP contribution in [0.1, 0.15) is 22.9 Å². The maximum absolute atomic E-state index is 14.2. The molecular formula is C18H17BrFN3S2. The molecule has 0 aliphatic rings. The van der Waals surface area contributed by atoms with E-state index in [1.165, 1.54) is 22.5 Å². The molecule has 1 heterocycles.